The van der Waals surface area contributed by atoms with Crippen LogP contribution in [0.5, 0.6) is 17.4 Å². The van der Waals surface area contributed by atoms with Gasteiger partial charge in [-0.3, -0.25) is 14.6 Å². The summed E-state index contributed by atoms with van der Waals surface area (Å²) in [4.78, 5) is 65.1. The number of nitrogens with zero attached hydrogens (tertiary/aromatic N) is 4. The molecule has 0 unspecified atom stereocenters. The fourth-order valence-electron chi connectivity index (χ4n) is 5.10. The fourth-order valence-corrected chi connectivity index (χ4v) is 5.10. The first kappa shape index (κ1) is 25.2. The van der Waals surface area contributed by atoms with E-state index in [-0.39, 0.29) is 17.8 Å². The SMILES string of the molecule is COc1ccc2ncnc(Oc3ccc(C[C@@H](C(=O)O)N4NOC(=O)[C@@H]5CCCN5c5c4c(=O)c5=O)cc3)c2c1. The van der Waals surface area contributed by atoms with E-state index in [1.807, 2.05) is 0 Å². The highest BCUT2D eigenvalue weighted by Crippen LogP contribution is 2.34. The summed E-state index contributed by atoms with van der Waals surface area (Å²) < 4.78 is 11.2. The summed E-state index contributed by atoms with van der Waals surface area (Å²) in [5.41, 5.74) is 1.93. The second-order valence-electron chi connectivity index (χ2n) is 9.46. The number of fused-ring (bicyclic) bond motifs is 4. The van der Waals surface area contributed by atoms with Gasteiger partial charge < -0.3 is 24.3 Å². The third kappa shape index (κ3) is 4.25. The first-order chi connectivity index (χ1) is 19.4. The van der Waals surface area contributed by atoms with Gasteiger partial charge in [0.05, 0.1) is 18.0 Å². The highest BCUT2D eigenvalue weighted by molar-refractivity contribution is 5.89. The minimum atomic E-state index is -1.38. The zero-order valence-corrected chi connectivity index (χ0v) is 21.2. The van der Waals surface area contributed by atoms with E-state index in [1.165, 1.54) is 11.2 Å². The monoisotopic (exact) mass is 545 g/mol. The van der Waals surface area contributed by atoms with Crippen LogP contribution in [0.3, 0.4) is 0 Å². The number of rotatable bonds is 7. The molecule has 0 bridgehead atoms. The third-order valence-electron chi connectivity index (χ3n) is 7.13. The molecule has 2 N–H and O–H groups in total. The van der Waals surface area contributed by atoms with Gasteiger partial charge in [0, 0.05) is 13.0 Å². The van der Waals surface area contributed by atoms with Gasteiger partial charge in [0.1, 0.15) is 41.3 Å². The molecule has 2 atom stereocenters. The van der Waals surface area contributed by atoms with Gasteiger partial charge in [-0.1, -0.05) is 17.7 Å². The van der Waals surface area contributed by atoms with E-state index >= 15 is 0 Å². The van der Waals surface area contributed by atoms with Crippen molar-refractivity contribution in [1.82, 2.24) is 15.6 Å². The number of nitrogens with one attached hydrogen (secondary N) is 1. The quantitative estimate of drug-likeness (QED) is 0.322. The second-order valence-corrected chi connectivity index (χ2v) is 9.46. The van der Waals surface area contributed by atoms with E-state index in [0.717, 1.165) is 5.01 Å². The maximum absolute atomic E-state index is 12.6. The van der Waals surface area contributed by atoms with Crippen LogP contribution in [0, 0.1) is 0 Å². The standard InChI is InChI=1S/C27H23N5O8/c1-38-16-8-9-18-17(12-16)25(29-13-28-18)39-15-6-4-14(5-7-15)11-20(26(35)36)32-22-21(23(33)24(22)34)31-10-2-3-19(31)27(37)40-30-32/h4-9,12-13,19-20,30H,2-3,10-11H2,1H3,(H,35,36)/t19-,20-/m0/s1. The molecule has 1 fully saturated rings. The number of hydrogen-bond donors (Lipinski definition) is 2. The van der Waals surface area contributed by atoms with Gasteiger partial charge in [-0.15, -0.1) is 0 Å². The van der Waals surface area contributed by atoms with Gasteiger partial charge >= 0.3 is 11.9 Å². The van der Waals surface area contributed by atoms with Crippen LogP contribution in [0.2, 0.25) is 0 Å². The van der Waals surface area contributed by atoms with Crippen LogP contribution in [0.25, 0.3) is 10.9 Å². The molecular weight excluding hydrogens is 522 g/mol. The van der Waals surface area contributed by atoms with Crippen LogP contribution >= 0.6 is 0 Å². The number of carbonyl (C=O) groups excluding carboxylic acids is 1. The predicted molar refractivity (Wildman–Crippen MR) is 141 cm³/mol. The average molecular weight is 546 g/mol. The van der Waals surface area contributed by atoms with Crippen molar-refractivity contribution in [2.24, 2.45) is 0 Å². The maximum Gasteiger partial charge on any atom is 0.349 e. The van der Waals surface area contributed by atoms with Crippen molar-refractivity contribution in [2.75, 3.05) is 23.6 Å². The van der Waals surface area contributed by atoms with Crippen molar-refractivity contribution in [1.29, 1.82) is 0 Å². The zero-order chi connectivity index (χ0) is 28.0. The molecule has 204 valence electrons. The van der Waals surface area contributed by atoms with Gasteiger partial charge in [-0.25, -0.2) is 19.6 Å². The third-order valence-corrected chi connectivity index (χ3v) is 7.13. The Morgan fingerprint density at radius 2 is 1.85 bits per heavy atom. The van der Waals surface area contributed by atoms with E-state index in [9.17, 15) is 24.3 Å². The van der Waals surface area contributed by atoms with Gasteiger partial charge in [0.2, 0.25) is 5.88 Å². The largest absolute Gasteiger partial charge is 0.497 e. The summed E-state index contributed by atoms with van der Waals surface area (Å²) in [5, 5.41) is 11.7. The Hall–Kier alpha value is -5.04. The Morgan fingerprint density at radius 1 is 1.10 bits per heavy atom. The molecule has 1 aromatic heterocycles. The van der Waals surface area contributed by atoms with E-state index in [0.29, 0.717) is 53.2 Å². The molecule has 0 radical (unpaired) electrons. The maximum atomic E-state index is 12.6. The van der Waals surface area contributed by atoms with Crippen molar-refractivity contribution in [2.45, 2.75) is 31.3 Å². The Labute approximate surface area is 226 Å². The van der Waals surface area contributed by atoms with Gasteiger partial charge in [-0.05, 0) is 48.7 Å². The lowest BCUT2D eigenvalue weighted by Gasteiger charge is -2.38. The number of benzene rings is 2. The smallest absolute Gasteiger partial charge is 0.349 e. The van der Waals surface area contributed by atoms with Gasteiger partial charge in [0.25, 0.3) is 10.9 Å². The molecule has 3 aromatic carbocycles. The minimum Gasteiger partial charge on any atom is -0.497 e. The van der Waals surface area contributed by atoms with Crippen LogP contribution in [0.15, 0.2) is 58.4 Å². The summed E-state index contributed by atoms with van der Waals surface area (Å²) in [7, 11) is 1.56. The number of carboxylic acid groups (broad SMARTS) is 1. The Morgan fingerprint density at radius 3 is 2.60 bits per heavy atom. The summed E-state index contributed by atoms with van der Waals surface area (Å²) in [6.07, 6.45) is 2.40. The van der Waals surface area contributed by atoms with E-state index in [4.69, 9.17) is 14.3 Å². The molecule has 0 aliphatic carbocycles. The van der Waals surface area contributed by atoms with E-state index in [2.05, 4.69) is 15.6 Å². The lowest BCUT2D eigenvalue weighted by Crippen LogP contribution is -2.61. The van der Waals surface area contributed by atoms with Crippen LogP contribution in [-0.4, -0.2) is 52.8 Å². The summed E-state index contributed by atoms with van der Waals surface area (Å²) in [5.74, 6) is -0.554. The number of aliphatic carboxylic acids is 1. The highest BCUT2D eigenvalue weighted by Gasteiger charge is 2.44. The molecule has 4 aromatic rings. The van der Waals surface area contributed by atoms with E-state index < -0.39 is 34.9 Å². The molecular formula is C27H23N5O8. The van der Waals surface area contributed by atoms with Crippen molar-refractivity contribution in [3.8, 4) is 17.4 Å². The van der Waals surface area contributed by atoms with Crippen molar-refractivity contribution < 1.29 is 29.0 Å². The van der Waals surface area contributed by atoms with Crippen molar-refractivity contribution in [3.05, 3.63) is 74.8 Å². The summed E-state index contributed by atoms with van der Waals surface area (Å²) >= 11 is 0. The normalized spacial score (nSPS) is 17.5. The average Bonchev–Trinajstić information content (AvgIpc) is 3.44. The number of methoxy groups -OCH3 is 1. The molecule has 2 aliphatic rings. The van der Waals surface area contributed by atoms with E-state index in [1.54, 1.807) is 49.6 Å². The molecule has 6 rings (SSSR count). The van der Waals surface area contributed by atoms with Crippen molar-refractivity contribution >= 4 is 34.2 Å². The number of carboxylic acids is 1. The predicted octanol–water partition coefficient (Wildman–Crippen LogP) is 1.47. The topological polar surface area (TPSA) is 160 Å². The Kier molecular flexibility index (Phi) is 6.27. The van der Waals surface area contributed by atoms with Gasteiger partial charge in [0.15, 0.2) is 0 Å². The minimum absolute atomic E-state index is 0.0420. The lowest BCUT2D eigenvalue weighted by molar-refractivity contribution is -0.155. The first-order valence-corrected chi connectivity index (χ1v) is 12.5. The number of carbonyl (C=O) groups is 2. The van der Waals surface area contributed by atoms with Crippen LogP contribution in [0.1, 0.15) is 18.4 Å². The van der Waals surface area contributed by atoms with Gasteiger partial charge in [-0.2, -0.15) is 0 Å². The molecule has 40 heavy (non-hydrogen) atoms. The molecule has 0 saturated carbocycles. The molecule has 3 heterocycles. The highest BCUT2D eigenvalue weighted by atomic mass is 16.7. The molecule has 13 nitrogen and oxygen atoms in total. The number of hydrogen-bond acceptors (Lipinski definition) is 12. The molecule has 1 saturated heterocycles. The summed E-state index contributed by atoms with van der Waals surface area (Å²) in [6.45, 7) is 0.388. The lowest BCUT2D eigenvalue weighted by atomic mass is 10.0. The number of ether oxygens (including phenoxy) is 2. The van der Waals surface area contributed by atoms with Crippen LogP contribution in [0.4, 0.5) is 11.4 Å². The first-order valence-electron chi connectivity index (χ1n) is 12.5. The Balaban J connectivity index is 1.26. The van der Waals surface area contributed by atoms with Crippen LogP contribution < -0.4 is 35.8 Å². The molecule has 2 aliphatic heterocycles. The summed E-state index contributed by atoms with van der Waals surface area (Å²) in [6, 6.07) is 9.90. The molecule has 0 spiro atoms. The van der Waals surface area contributed by atoms with Crippen LogP contribution in [-0.2, 0) is 20.8 Å². The number of anilines is 2. The fraction of sp³-hybridized carbons (Fsp3) is 0.259. The van der Waals surface area contributed by atoms with Crippen molar-refractivity contribution in [3.63, 3.8) is 0 Å². The Bertz CT molecular complexity index is 1700. The number of aromatic nitrogens is 2. The zero-order valence-electron chi connectivity index (χ0n) is 21.2. The molecule has 13 heteroatoms. The second kappa shape index (κ2) is 9.93. The number of hydrazine groups is 1. The molecule has 0 amide bonds.